The van der Waals surface area contributed by atoms with Crippen LogP contribution >= 0.6 is 0 Å². The maximum Gasteiger partial charge on any atom is 0.238 e. The highest BCUT2D eigenvalue weighted by molar-refractivity contribution is 5.79. The minimum absolute atomic E-state index is 0.121. The molecule has 6 nitrogen and oxygen atoms in total. The van der Waals surface area contributed by atoms with Crippen molar-refractivity contribution in [2.24, 2.45) is 5.92 Å². The molecule has 1 unspecified atom stereocenters. The zero-order chi connectivity index (χ0) is 19.8. The lowest BCUT2D eigenvalue weighted by molar-refractivity contribution is -0.149. The van der Waals surface area contributed by atoms with Crippen molar-refractivity contribution in [2.45, 2.75) is 56.8 Å². The van der Waals surface area contributed by atoms with Gasteiger partial charge in [-0.2, -0.15) is 0 Å². The number of carbonyl (C=O) groups excluding carboxylic acids is 1. The lowest BCUT2D eigenvalue weighted by atomic mass is 9.89. The first-order chi connectivity index (χ1) is 14.1. The molecule has 1 aromatic heterocycles. The summed E-state index contributed by atoms with van der Waals surface area (Å²) >= 11 is 0. The predicted octanol–water partition coefficient (Wildman–Crippen LogP) is 2.64. The quantitative estimate of drug-likeness (QED) is 0.778. The van der Waals surface area contributed by atoms with Gasteiger partial charge in [0.1, 0.15) is 6.23 Å². The number of anilines is 1. The second-order valence-corrected chi connectivity index (χ2v) is 9.29. The fourth-order valence-electron chi connectivity index (χ4n) is 5.68. The topological polar surface area (TPSA) is 48.9 Å². The normalized spacial score (nSPS) is 28.2. The van der Waals surface area contributed by atoms with E-state index in [-0.39, 0.29) is 23.6 Å². The average molecular weight is 403 g/mol. The van der Waals surface area contributed by atoms with E-state index in [1.165, 1.54) is 38.3 Å². The molecule has 1 spiro atoms. The van der Waals surface area contributed by atoms with Crippen molar-refractivity contribution in [3.8, 4) is 0 Å². The van der Waals surface area contributed by atoms with Crippen molar-refractivity contribution in [2.75, 3.05) is 44.2 Å². The van der Waals surface area contributed by atoms with Crippen molar-refractivity contribution in [1.29, 1.82) is 0 Å². The zero-order valence-electron chi connectivity index (χ0n) is 17.1. The molecule has 1 saturated carbocycles. The van der Waals surface area contributed by atoms with Crippen LogP contribution in [0.25, 0.3) is 0 Å². The molecule has 0 N–H and O–H groups in total. The highest BCUT2D eigenvalue weighted by Crippen LogP contribution is 2.38. The van der Waals surface area contributed by atoms with Gasteiger partial charge >= 0.3 is 0 Å². The Balaban J connectivity index is 1.20. The predicted molar refractivity (Wildman–Crippen MR) is 108 cm³/mol. The molecule has 0 bridgehead atoms. The third kappa shape index (κ3) is 3.87. The van der Waals surface area contributed by atoms with Crippen LogP contribution in [0.3, 0.4) is 0 Å². The molecule has 5 rings (SSSR count). The molecule has 7 heteroatoms. The summed E-state index contributed by atoms with van der Waals surface area (Å²) < 4.78 is 20.6. The van der Waals surface area contributed by atoms with Crippen molar-refractivity contribution < 1.29 is 13.9 Å². The second-order valence-electron chi connectivity index (χ2n) is 9.29. The van der Waals surface area contributed by atoms with E-state index in [1.54, 1.807) is 12.3 Å². The van der Waals surface area contributed by atoms with Crippen LogP contribution in [0.5, 0.6) is 0 Å². The number of pyridine rings is 1. The van der Waals surface area contributed by atoms with Gasteiger partial charge in [0.25, 0.3) is 0 Å². The van der Waals surface area contributed by atoms with Crippen molar-refractivity contribution in [3.05, 3.63) is 24.3 Å². The van der Waals surface area contributed by atoms with Crippen LogP contribution in [0.4, 0.5) is 10.1 Å². The van der Waals surface area contributed by atoms with Gasteiger partial charge in [0.15, 0.2) is 5.82 Å². The fourth-order valence-corrected chi connectivity index (χ4v) is 5.68. The third-order valence-corrected chi connectivity index (χ3v) is 7.29. The molecule has 0 radical (unpaired) electrons. The van der Waals surface area contributed by atoms with Gasteiger partial charge in [-0.05, 0) is 37.7 Å². The number of rotatable bonds is 3. The molecule has 4 fully saturated rings. The standard InChI is InChI=1S/C22H31FN4O2/c23-18-12-24-9-6-19(18)26-10-7-22(8-11-26)16-27-20(28)14-25(15-21(27)29-22)13-17-4-2-1-3-5-17/h6,9,12,17,21H,1-5,7-8,10-11,13-16H2. The molecule has 1 atom stereocenters. The van der Waals surface area contributed by atoms with Gasteiger partial charge in [0.2, 0.25) is 5.91 Å². The largest absolute Gasteiger partial charge is 0.369 e. The van der Waals surface area contributed by atoms with Crippen molar-refractivity contribution in [3.63, 3.8) is 0 Å². The first-order valence-corrected chi connectivity index (χ1v) is 11.2. The Morgan fingerprint density at radius 3 is 2.76 bits per heavy atom. The summed E-state index contributed by atoms with van der Waals surface area (Å²) in [6.45, 7) is 4.54. The van der Waals surface area contributed by atoms with Gasteiger partial charge in [-0.1, -0.05) is 19.3 Å². The molecule has 1 aliphatic carbocycles. The smallest absolute Gasteiger partial charge is 0.238 e. The molecule has 3 aliphatic heterocycles. The Hall–Kier alpha value is -1.73. The number of carbonyl (C=O) groups is 1. The minimum Gasteiger partial charge on any atom is -0.369 e. The van der Waals surface area contributed by atoms with E-state index in [9.17, 15) is 9.18 Å². The highest BCUT2D eigenvalue weighted by atomic mass is 19.1. The number of piperazine rings is 1. The van der Waals surface area contributed by atoms with Crippen LogP contribution in [0.2, 0.25) is 0 Å². The summed E-state index contributed by atoms with van der Waals surface area (Å²) in [5.74, 6) is 0.662. The number of hydrogen-bond acceptors (Lipinski definition) is 5. The first-order valence-electron chi connectivity index (χ1n) is 11.2. The van der Waals surface area contributed by atoms with E-state index in [4.69, 9.17) is 4.74 Å². The molecule has 1 aromatic rings. The van der Waals surface area contributed by atoms with Gasteiger partial charge in [0, 0.05) is 32.4 Å². The number of piperidine rings is 1. The minimum atomic E-state index is -0.277. The van der Waals surface area contributed by atoms with Crippen molar-refractivity contribution >= 4 is 11.6 Å². The number of halogens is 1. The van der Waals surface area contributed by atoms with Gasteiger partial charge < -0.3 is 14.5 Å². The zero-order valence-corrected chi connectivity index (χ0v) is 17.1. The number of nitrogens with zero attached hydrogens (tertiary/aromatic N) is 4. The lowest BCUT2D eigenvalue weighted by Crippen LogP contribution is -2.55. The maximum absolute atomic E-state index is 14.1. The van der Waals surface area contributed by atoms with Gasteiger partial charge in [-0.25, -0.2) is 4.39 Å². The molecule has 1 amide bonds. The van der Waals surface area contributed by atoms with Gasteiger partial charge in [-0.15, -0.1) is 0 Å². The van der Waals surface area contributed by atoms with Crippen LogP contribution in [0.1, 0.15) is 44.9 Å². The molecule has 0 aromatic carbocycles. The monoisotopic (exact) mass is 402 g/mol. The van der Waals surface area contributed by atoms with E-state index in [2.05, 4.69) is 14.8 Å². The van der Waals surface area contributed by atoms with Crippen LogP contribution in [-0.2, 0) is 9.53 Å². The van der Waals surface area contributed by atoms with E-state index in [0.717, 1.165) is 44.9 Å². The Morgan fingerprint density at radius 1 is 1.21 bits per heavy atom. The molecule has 4 aliphatic rings. The van der Waals surface area contributed by atoms with E-state index >= 15 is 0 Å². The van der Waals surface area contributed by atoms with Gasteiger partial charge in [0.05, 0.1) is 30.6 Å². The maximum atomic E-state index is 14.1. The molecule has 29 heavy (non-hydrogen) atoms. The summed E-state index contributed by atoms with van der Waals surface area (Å²) in [5.41, 5.74) is 0.335. The number of amides is 1. The third-order valence-electron chi connectivity index (χ3n) is 7.29. The Labute approximate surface area is 172 Å². The van der Waals surface area contributed by atoms with Gasteiger partial charge in [-0.3, -0.25) is 14.7 Å². The average Bonchev–Trinajstić information content (AvgIpc) is 3.08. The number of aromatic nitrogens is 1. The summed E-state index contributed by atoms with van der Waals surface area (Å²) in [7, 11) is 0. The first kappa shape index (κ1) is 19.2. The Morgan fingerprint density at radius 2 is 2.00 bits per heavy atom. The number of ether oxygens (including phenoxy) is 1. The highest BCUT2D eigenvalue weighted by Gasteiger charge is 2.50. The van der Waals surface area contributed by atoms with Crippen LogP contribution in [-0.4, -0.2) is 71.8 Å². The van der Waals surface area contributed by atoms with E-state index in [0.29, 0.717) is 18.8 Å². The van der Waals surface area contributed by atoms with Crippen LogP contribution in [0, 0.1) is 11.7 Å². The summed E-state index contributed by atoms with van der Waals surface area (Å²) in [6, 6.07) is 1.73. The molecular formula is C22H31FN4O2. The Bertz CT molecular complexity index is 746. The van der Waals surface area contributed by atoms with E-state index in [1.807, 2.05) is 4.90 Å². The molecule has 4 heterocycles. The fraction of sp³-hybridized carbons (Fsp3) is 0.727. The second kappa shape index (κ2) is 7.84. The molecule has 3 saturated heterocycles. The van der Waals surface area contributed by atoms with Crippen LogP contribution < -0.4 is 4.90 Å². The molecule has 158 valence electrons. The molecular weight excluding hydrogens is 371 g/mol. The number of fused-ring (bicyclic) bond motifs is 1. The lowest BCUT2D eigenvalue weighted by Gasteiger charge is -2.39. The summed E-state index contributed by atoms with van der Waals surface area (Å²) in [6.07, 6.45) is 11.0. The van der Waals surface area contributed by atoms with Crippen LogP contribution in [0.15, 0.2) is 18.5 Å². The number of hydrogen-bond donors (Lipinski definition) is 0. The SMILES string of the molecule is O=C1CN(CC2CCCCC2)CC2OC3(CCN(c4ccncc4F)CC3)CN12. The van der Waals surface area contributed by atoms with Crippen molar-refractivity contribution in [1.82, 2.24) is 14.8 Å². The Kier molecular flexibility index (Phi) is 5.20. The summed E-state index contributed by atoms with van der Waals surface area (Å²) in [4.78, 5) is 23.0. The summed E-state index contributed by atoms with van der Waals surface area (Å²) in [5, 5.41) is 0. The van der Waals surface area contributed by atoms with E-state index < -0.39 is 0 Å².